The summed E-state index contributed by atoms with van der Waals surface area (Å²) in [5.41, 5.74) is -0.157. The van der Waals surface area contributed by atoms with Gasteiger partial charge in [-0.3, -0.25) is 4.79 Å². The van der Waals surface area contributed by atoms with Crippen LogP contribution in [0.25, 0.3) is 0 Å². The molecule has 2 fully saturated rings. The summed E-state index contributed by atoms with van der Waals surface area (Å²) in [5, 5.41) is 3.30. The van der Waals surface area contributed by atoms with E-state index in [0.717, 1.165) is 19.5 Å². The number of carbonyl (C=O) groups is 1. The maximum absolute atomic E-state index is 11.8. The molecule has 2 rings (SSSR count). The van der Waals surface area contributed by atoms with E-state index in [4.69, 9.17) is 4.74 Å². The van der Waals surface area contributed by atoms with E-state index in [0.29, 0.717) is 12.5 Å². The molecule has 1 aliphatic heterocycles. The minimum Gasteiger partial charge on any atom is -0.466 e. The molecule has 0 bridgehead atoms. The molecule has 3 heteroatoms. The van der Waals surface area contributed by atoms with Crippen molar-refractivity contribution in [2.45, 2.75) is 26.2 Å². The number of hydrogen-bond donors (Lipinski definition) is 1. The third-order valence-electron chi connectivity index (χ3n) is 3.47. The Morgan fingerprint density at radius 2 is 2.54 bits per heavy atom. The molecule has 3 nitrogen and oxygen atoms in total. The first-order valence-electron chi connectivity index (χ1n) is 5.17. The average Bonchev–Trinajstić information content (AvgIpc) is 2.61. The zero-order chi connectivity index (χ0) is 9.31. The summed E-state index contributed by atoms with van der Waals surface area (Å²) in [6.07, 6.45) is 3.39. The highest BCUT2D eigenvalue weighted by atomic mass is 16.5. The van der Waals surface area contributed by atoms with Crippen molar-refractivity contribution in [2.75, 3.05) is 19.7 Å². The van der Waals surface area contributed by atoms with Crippen LogP contribution in [0.15, 0.2) is 0 Å². The van der Waals surface area contributed by atoms with Gasteiger partial charge < -0.3 is 10.1 Å². The van der Waals surface area contributed by atoms with Crippen molar-refractivity contribution < 1.29 is 9.53 Å². The van der Waals surface area contributed by atoms with E-state index < -0.39 is 0 Å². The van der Waals surface area contributed by atoms with Crippen molar-refractivity contribution in [1.82, 2.24) is 5.32 Å². The molecule has 74 valence electrons. The van der Waals surface area contributed by atoms with Gasteiger partial charge in [-0.25, -0.2) is 0 Å². The fraction of sp³-hybridized carbons (Fsp3) is 0.900. The van der Waals surface area contributed by atoms with E-state index in [9.17, 15) is 4.79 Å². The predicted octanol–water partition coefficient (Wildman–Crippen LogP) is 0.939. The van der Waals surface area contributed by atoms with Gasteiger partial charge in [0.2, 0.25) is 0 Å². The second kappa shape index (κ2) is 3.29. The van der Waals surface area contributed by atoms with Gasteiger partial charge in [0.25, 0.3) is 0 Å². The number of ether oxygens (including phenoxy) is 1. The normalized spacial score (nSPS) is 37.5. The number of carbonyl (C=O) groups excluding carboxylic acids is 1. The molecule has 2 aliphatic rings. The number of esters is 1. The van der Waals surface area contributed by atoms with E-state index in [1.807, 2.05) is 6.92 Å². The van der Waals surface area contributed by atoms with Gasteiger partial charge >= 0.3 is 5.97 Å². The van der Waals surface area contributed by atoms with Crippen molar-refractivity contribution in [2.24, 2.45) is 11.3 Å². The second-order valence-electron chi connectivity index (χ2n) is 4.10. The Labute approximate surface area is 78.8 Å². The first kappa shape index (κ1) is 9.00. The third kappa shape index (κ3) is 1.26. The summed E-state index contributed by atoms with van der Waals surface area (Å²) in [5.74, 6) is 0.564. The zero-order valence-electron chi connectivity index (χ0n) is 8.14. The van der Waals surface area contributed by atoms with E-state index in [1.54, 1.807) is 0 Å². The van der Waals surface area contributed by atoms with Crippen molar-refractivity contribution in [3.05, 3.63) is 0 Å². The summed E-state index contributed by atoms with van der Waals surface area (Å²) in [7, 11) is 0. The van der Waals surface area contributed by atoms with Crippen LogP contribution >= 0.6 is 0 Å². The Bertz CT molecular complexity index is 205. The van der Waals surface area contributed by atoms with Crippen LogP contribution in [0.3, 0.4) is 0 Å². The average molecular weight is 183 g/mol. The van der Waals surface area contributed by atoms with E-state index in [2.05, 4.69) is 5.32 Å². The molecule has 0 aromatic rings. The van der Waals surface area contributed by atoms with Crippen LogP contribution in [-0.4, -0.2) is 25.7 Å². The van der Waals surface area contributed by atoms with Gasteiger partial charge in [-0.05, 0) is 32.2 Å². The maximum atomic E-state index is 11.8. The Morgan fingerprint density at radius 3 is 3.31 bits per heavy atom. The Morgan fingerprint density at radius 1 is 1.69 bits per heavy atom. The summed E-state index contributed by atoms with van der Waals surface area (Å²) in [6.45, 7) is 4.21. The number of hydrogen-bond acceptors (Lipinski definition) is 3. The molecular formula is C10H17NO2. The molecule has 0 spiro atoms. The second-order valence-corrected chi connectivity index (χ2v) is 4.10. The van der Waals surface area contributed by atoms with Gasteiger partial charge in [-0.2, -0.15) is 0 Å². The predicted molar refractivity (Wildman–Crippen MR) is 49.3 cm³/mol. The van der Waals surface area contributed by atoms with Crippen molar-refractivity contribution >= 4 is 5.97 Å². The van der Waals surface area contributed by atoms with E-state index in [1.165, 1.54) is 12.8 Å². The quantitative estimate of drug-likeness (QED) is 0.647. The minimum atomic E-state index is -0.157. The van der Waals surface area contributed by atoms with Crippen molar-refractivity contribution in [3.8, 4) is 0 Å². The summed E-state index contributed by atoms with van der Waals surface area (Å²) in [4.78, 5) is 11.8. The van der Waals surface area contributed by atoms with Crippen LogP contribution in [0.1, 0.15) is 26.2 Å². The smallest absolute Gasteiger partial charge is 0.313 e. The number of fused-ring (bicyclic) bond motifs is 1. The molecule has 1 aliphatic carbocycles. The van der Waals surface area contributed by atoms with Gasteiger partial charge in [-0.1, -0.05) is 6.42 Å². The highest BCUT2D eigenvalue weighted by molar-refractivity contribution is 5.78. The van der Waals surface area contributed by atoms with Crippen LogP contribution in [-0.2, 0) is 9.53 Å². The molecule has 1 saturated carbocycles. The Kier molecular flexibility index (Phi) is 2.28. The molecule has 0 radical (unpaired) electrons. The largest absolute Gasteiger partial charge is 0.466 e. The van der Waals surface area contributed by atoms with E-state index >= 15 is 0 Å². The zero-order valence-corrected chi connectivity index (χ0v) is 8.14. The standard InChI is InChI=1S/C10H17NO2/c1-2-13-9(12)10-5-3-4-8(10)6-11-7-10/h8,11H,2-7H2,1H3/t8-,10-/m0/s1. The number of rotatable bonds is 2. The molecule has 1 N–H and O–H groups in total. The maximum Gasteiger partial charge on any atom is 0.313 e. The fourth-order valence-corrected chi connectivity index (χ4v) is 2.76. The van der Waals surface area contributed by atoms with Crippen molar-refractivity contribution in [3.63, 3.8) is 0 Å². The Balaban J connectivity index is 2.12. The lowest BCUT2D eigenvalue weighted by molar-refractivity contribution is -0.155. The SMILES string of the molecule is CCOC(=O)[C@]12CCC[C@H]1CNC2. The molecule has 1 heterocycles. The topological polar surface area (TPSA) is 38.3 Å². The van der Waals surface area contributed by atoms with Gasteiger partial charge in [0.15, 0.2) is 0 Å². The lowest BCUT2D eigenvalue weighted by Crippen LogP contribution is -2.36. The van der Waals surface area contributed by atoms with Crippen LogP contribution in [0.2, 0.25) is 0 Å². The first-order chi connectivity index (χ1) is 6.29. The first-order valence-corrected chi connectivity index (χ1v) is 5.17. The van der Waals surface area contributed by atoms with E-state index in [-0.39, 0.29) is 11.4 Å². The van der Waals surface area contributed by atoms with Gasteiger partial charge in [0.1, 0.15) is 0 Å². The van der Waals surface area contributed by atoms with Crippen molar-refractivity contribution in [1.29, 1.82) is 0 Å². The lowest BCUT2D eigenvalue weighted by atomic mass is 9.81. The van der Waals surface area contributed by atoms with Gasteiger partial charge in [0, 0.05) is 6.54 Å². The molecule has 0 amide bonds. The molecule has 0 aromatic heterocycles. The fourth-order valence-electron chi connectivity index (χ4n) is 2.76. The highest BCUT2D eigenvalue weighted by Gasteiger charge is 2.52. The van der Waals surface area contributed by atoms with Crippen LogP contribution in [0, 0.1) is 11.3 Å². The molecule has 13 heavy (non-hydrogen) atoms. The molecule has 2 atom stereocenters. The van der Waals surface area contributed by atoms with Gasteiger partial charge in [-0.15, -0.1) is 0 Å². The highest BCUT2D eigenvalue weighted by Crippen LogP contribution is 2.46. The Hall–Kier alpha value is -0.570. The van der Waals surface area contributed by atoms with Gasteiger partial charge in [0.05, 0.1) is 12.0 Å². The number of nitrogens with one attached hydrogen (secondary N) is 1. The van der Waals surface area contributed by atoms with Crippen LogP contribution in [0.5, 0.6) is 0 Å². The lowest BCUT2D eigenvalue weighted by Gasteiger charge is -2.25. The molecule has 0 aromatic carbocycles. The summed E-state index contributed by atoms with van der Waals surface area (Å²) in [6, 6.07) is 0. The van der Waals surface area contributed by atoms with Crippen LogP contribution in [0.4, 0.5) is 0 Å². The summed E-state index contributed by atoms with van der Waals surface area (Å²) < 4.78 is 5.15. The third-order valence-corrected chi connectivity index (χ3v) is 3.47. The summed E-state index contributed by atoms with van der Waals surface area (Å²) >= 11 is 0. The monoisotopic (exact) mass is 183 g/mol. The minimum absolute atomic E-state index is 0.0301. The molecule has 1 saturated heterocycles. The molecule has 0 unspecified atom stereocenters. The molecular weight excluding hydrogens is 166 g/mol. The van der Waals surface area contributed by atoms with Crippen LogP contribution < -0.4 is 5.32 Å².